The van der Waals surface area contributed by atoms with Crippen molar-refractivity contribution in [1.29, 1.82) is 0 Å². The molecule has 1 saturated carbocycles. The molecule has 1 aliphatic rings. The first-order valence-electron chi connectivity index (χ1n) is 9.31. The lowest BCUT2D eigenvalue weighted by molar-refractivity contribution is -0.0114. The van der Waals surface area contributed by atoms with Gasteiger partial charge in [-0.1, -0.05) is 81.4 Å². The molecule has 1 unspecified atom stereocenters. The molecule has 0 heterocycles. The summed E-state index contributed by atoms with van der Waals surface area (Å²) >= 11 is 0. The first-order chi connectivity index (χ1) is 11.8. The lowest BCUT2D eigenvalue weighted by atomic mass is 9.79. The third-order valence-electron chi connectivity index (χ3n) is 5.57. The molecule has 0 saturated heterocycles. The highest BCUT2D eigenvalue weighted by atomic mass is 28.4. The fourth-order valence-electron chi connectivity index (χ4n) is 4.04. The van der Waals surface area contributed by atoms with Crippen LogP contribution in [-0.2, 0) is 4.43 Å². The molecule has 2 aromatic rings. The Bertz CT molecular complexity index is 631. The van der Waals surface area contributed by atoms with Crippen LogP contribution in [0.2, 0.25) is 5.04 Å². The van der Waals surface area contributed by atoms with Gasteiger partial charge in [0.15, 0.2) is 0 Å². The standard InChI is InChI=1S/C22H30O2Si/c1-17(23)18-15-19(16-18)24-25(22(2,3)4,20-11-7-5-8-12-20)21-13-9-6-10-14-21/h5-14,17-19,23H,15-16H2,1-4H3/t17?,18-,19+. The van der Waals surface area contributed by atoms with Crippen molar-refractivity contribution in [3.63, 3.8) is 0 Å². The zero-order valence-corrected chi connectivity index (χ0v) is 16.8. The highest BCUT2D eigenvalue weighted by Gasteiger charge is 2.52. The summed E-state index contributed by atoms with van der Waals surface area (Å²) in [4.78, 5) is 0. The van der Waals surface area contributed by atoms with Crippen LogP contribution in [0, 0.1) is 5.92 Å². The van der Waals surface area contributed by atoms with Crippen molar-refractivity contribution < 1.29 is 9.53 Å². The first-order valence-corrected chi connectivity index (χ1v) is 11.2. The van der Waals surface area contributed by atoms with E-state index in [-0.39, 0.29) is 17.2 Å². The van der Waals surface area contributed by atoms with E-state index in [2.05, 4.69) is 81.4 Å². The summed E-state index contributed by atoms with van der Waals surface area (Å²) in [6, 6.07) is 21.5. The molecule has 2 nitrogen and oxygen atoms in total. The van der Waals surface area contributed by atoms with Crippen LogP contribution in [0.3, 0.4) is 0 Å². The molecule has 2 aromatic carbocycles. The highest BCUT2D eigenvalue weighted by molar-refractivity contribution is 6.99. The van der Waals surface area contributed by atoms with E-state index in [4.69, 9.17) is 4.43 Å². The molecule has 1 aliphatic carbocycles. The molecule has 1 fully saturated rings. The normalized spacial score (nSPS) is 22.3. The van der Waals surface area contributed by atoms with E-state index >= 15 is 0 Å². The summed E-state index contributed by atoms with van der Waals surface area (Å²) in [5, 5.41) is 12.5. The van der Waals surface area contributed by atoms with Gasteiger partial charge in [-0.3, -0.25) is 0 Å². The predicted octanol–water partition coefficient (Wildman–Crippen LogP) is 3.72. The SMILES string of the molecule is CC(O)[C@H]1C[C@@H](O[Si](c2ccccc2)(c2ccccc2)C(C)(C)C)C1. The maximum atomic E-state index is 9.84. The fraction of sp³-hybridized carbons (Fsp3) is 0.455. The molecule has 0 spiro atoms. The Labute approximate surface area is 153 Å². The molecule has 1 N–H and O–H groups in total. The van der Waals surface area contributed by atoms with Crippen LogP contribution >= 0.6 is 0 Å². The van der Waals surface area contributed by atoms with E-state index in [1.54, 1.807) is 0 Å². The van der Waals surface area contributed by atoms with E-state index in [9.17, 15) is 5.11 Å². The van der Waals surface area contributed by atoms with E-state index in [1.807, 2.05) is 6.92 Å². The summed E-state index contributed by atoms with van der Waals surface area (Å²) in [7, 11) is -2.43. The molecule has 3 heteroatoms. The van der Waals surface area contributed by atoms with Crippen molar-refractivity contribution in [3.8, 4) is 0 Å². The van der Waals surface area contributed by atoms with Gasteiger partial charge in [0.1, 0.15) is 0 Å². The number of hydrogen-bond acceptors (Lipinski definition) is 2. The quantitative estimate of drug-likeness (QED) is 0.829. The second-order valence-electron chi connectivity index (χ2n) is 8.38. The molecule has 0 aromatic heterocycles. The molecule has 1 atom stereocenters. The Morgan fingerprint density at radius 2 is 1.36 bits per heavy atom. The van der Waals surface area contributed by atoms with Crippen LogP contribution in [0.15, 0.2) is 60.7 Å². The molecule has 0 bridgehead atoms. The minimum Gasteiger partial charge on any atom is -0.404 e. The minimum absolute atomic E-state index is 0.0195. The van der Waals surface area contributed by atoms with E-state index < -0.39 is 8.32 Å². The highest BCUT2D eigenvalue weighted by Crippen LogP contribution is 2.42. The van der Waals surface area contributed by atoms with Crippen LogP contribution in [0.5, 0.6) is 0 Å². The third kappa shape index (κ3) is 3.46. The summed E-state index contributed by atoms with van der Waals surface area (Å²) in [6.07, 6.45) is 1.93. The molecule has 0 radical (unpaired) electrons. The Balaban J connectivity index is 2.04. The lowest BCUT2D eigenvalue weighted by Gasteiger charge is -2.49. The second kappa shape index (κ2) is 7.06. The van der Waals surface area contributed by atoms with Crippen LogP contribution in [0.4, 0.5) is 0 Å². The van der Waals surface area contributed by atoms with Crippen LogP contribution < -0.4 is 10.4 Å². The van der Waals surface area contributed by atoms with Gasteiger partial charge in [-0.05, 0) is 41.1 Å². The van der Waals surface area contributed by atoms with E-state index in [1.165, 1.54) is 10.4 Å². The van der Waals surface area contributed by atoms with E-state index in [0.717, 1.165) is 12.8 Å². The Kier molecular flexibility index (Phi) is 5.19. The van der Waals surface area contributed by atoms with Crippen molar-refractivity contribution in [1.82, 2.24) is 0 Å². The van der Waals surface area contributed by atoms with Crippen molar-refractivity contribution in [2.75, 3.05) is 0 Å². The van der Waals surface area contributed by atoms with E-state index in [0.29, 0.717) is 5.92 Å². The van der Waals surface area contributed by atoms with Crippen molar-refractivity contribution >= 4 is 18.7 Å². The van der Waals surface area contributed by atoms with Crippen molar-refractivity contribution in [2.24, 2.45) is 5.92 Å². The monoisotopic (exact) mass is 354 g/mol. The number of rotatable bonds is 5. The maximum absolute atomic E-state index is 9.84. The van der Waals surface area contributed by atoms with Crippen LogP contribution in [0.1, 0.15) is 40.5 Å². The smallest absolute Gasteiger partial charge is 0.261 e. The van der Waals surface area contributed by atoms with Gasteiger partial charge in [0.05, 0.1) is 6.10 Å². The maximum Gasteiger partial charge on any atom is 0.261 e. The molecule has 0 amide bonds. The zero-order chi connectivity index (χ0) is 18.1. The van der Waals surface area contributed by atoms with Gasteiger partial charge in [0, 0.05) is 6.10 Å². The van der Waals surface area contributed by atoms with Gasteiger partial charge < -0.3 is 9.53 Å². The number of aliphatic hydroxyl groups excluding tert-OH is 1. The second-order valence-corrected chi connectivity index (χ2v) is 12.6. The minimum atomic E-state index is -2.43. The molecule has 25 heavy (non-hydrogen) atoms. The van der Waals surface area contributed by atoms with Crippen molar-refractivity contribution in [2.45, 2.75) is 57.8 Å². The Hall–Kier alpha value is -1.42. The first kappa shape index (κ1) is 18.4. The van der Waals surface area contributed by atoms with Gasteiger partial charge in [0.25, 0.3) is 8.32 Å². The number of aliphatic hydroxyl groups is 1. The predicted molar refractivity (Wildman–Crippen MR) is 107 cm³/mol. The lowest BCUT2D eigenvalue weighted by Crippen LogP contribution is -2.68. The van der Waals surface area contributed by atoms with Gasteiger partial charge in [0.2, 0.25) is 0 Å². The summed E-state index contributed by atoms with van der Waals surface area (Å²) < 4.78 is 7.02. The van der Waals surface area contributed by atoms with Crippen molar-refractivity contribution in [3.05, 3.63) is 60.7 Å². The average molecular weight is 355 g/mol. The molecular formula is C22H30O2Si. The zero-order valence-electron chi connectivity index (χ0n) is 15.8. The third-order valence-corrected chi connectivity index (χ3v) is 10.7. The van der Waals surface area contributed by atoms with Gasteiger partial charge in [-0.15, -0.1) is 0 Å². The molecule has 134 valence electrons. The molecule has 3 rings (SSSR count). The summed E-state index contributed by atoms with van der Waals surface area (Å²) in [6.45, 7) is 8.82. The number of hydrogen-bond donors (Lipinski definition) is 1. The average Bonchev–Trinajstić information content (AvgIpc) is 2.54. The Morgan fingerprint density at radius 3 is 1.72 bits per heavy atom. The molecular weight excluding hydrogens is 324 g/mol. The van der Waals surface area contributed by atoms with Gasteiger partial charge in [-0.25, -0.2) is 0 Å². The van der Waals surface area contributed by atoms with Gasteiger partial charge >= 0.3 is 0 Å². The number of benzene rings is 2. The Morgan fingerprint density at radius 1 is 0.920 bits per heavy atom. The van der Waals surface area contributed by atoms with Crippen LogP contribution in [0.25, 0.3) is 0 Å². The fourth-order valence-corrected chi connectivity index (χ4v) is 8.74. The topological polar surface area (TPSA) is 29.5 Å². The summed E-state index contributed by atoms with van der Waals surface area (Å²) in [5.41, 5.74) is 0. The van der Waals surface area contributed by atoms with Crippen LogP contribution in [-0.4, -0.2) is 25.6 Å². The molecule has 0 aliphatic heterocycles. The summed E-state index contributed by atoms with van der Waals surface area (Å²) in [5.74, 6) is 0.378. The van der Waals surface area contributed by atoms with Gasteiger partial charge in [-0.2, -0.15) is 0 Å². The largest absolute Gasteiger partial charge is 0.404 e.